The molecule has 0 saturated carbocycles. The summed E-state index contributed by atoms with van der Waals surface area (Å²) in [4.78, 5) is 29.6. The van der Waals surface area contributed by atoms with Crippen molar-refractivity contribution < 1.29 is 23.8 Å². The molecule has 1 atom stereocenters. The highest BCUT2D eigenvalue weighted by Gasteiger charge is 2.30. The largest absolute Gasteiger partial charge is 0.497 e. The van der Waals surface area contributed by atoms with Crippen molar-refractivity contribution in [2.45, 2.75) is 31.8 Å². The fraction of sp³-hybridized carbons (Fsp3) is 0.257. The Bertz CT molecular complexity index is 1480. The molecular weight excluding hydrogens is 564 g/mol. The number of carbonyl (C=O) groups excluding carboxylic acids is 2. The molecule has 0 aromatic heterocycles. The summed E-state index contributed by atoms with van der Waals surface area (Å²) in [7, 11) is 4.75. The maximum Gasteiger partial charge on any atom is 0.243 e. The van der Waals surface area contributed by atoms with Crippen LogP contribution in [-0.4, -0.2) is 50.6 Å². The van der Waals surface area contributed by atoms with Crippen LogP contribution in [0.2, 0.25) is 5.02 Å². The van der Waals surface area contributed by atoms with Crippen LogP contribution in [0.1, 0.15) is 22.3 Å². The van der Waals surface area contributed by atoms with Gasteiger partial charge in [-0.05, 0) is 65.1 Å². The van der Waals surface area contributed by atoms with Gasteiger partial charge in [0.15, 0.2) is 11.5 Å². The van der Waals surface area contributed by atoms with Gasteiger partial charge in [-0.3, -0.25) is 9.59 Å². The Hall–Kier alpha value is -4.49. The maximum absolute atomic E-state index is 14.1. The van der Waals surface area contributed by atoms with Crippen molar-refractivity contribution in [2.24, 2.45) is 0 Å². The van der Waals surface area contributed by atoms with E-state index in [0.29, 0.717) is 35.9 Å². The van der Waals surface area contributed by atoms with Gasteiger partial charge in [0.2, 0.25) is 11.8 Å². The molecule has 4 aromatic carbocycles. The third-order valence-corrected chi connectivity index (χ3v) is 7.46. The monoisotopic (exact) mass is 600 g/mol. The maximum atomic E-state index is 14.1. The van der Waals surface area contributed by atoms with Crippen molar-refractivity contribution in [2.75, 3.05) is 27.9 Å². The number of hydrogen-bond acceptors (Lipinski definition) is 5. The van der Waals surface area contributed by atoms with Crippen LogP contribution in [0.5, 0.6) is 17.2 Å². The highest BCUT2D eigenvalue weighted by molar-refractivity contribution is 6.30. The average Bonchev–Trinajstić information content (AvgIpc) is 3.04. The van der Waals surface area contributed by atoms with Gasteiger partial charge in [0.25, 0.3) is 0 Å². The van der Waals surface area contributed by atoms with Gasteiger partial charge in [-0.15, -0.1) is 0 Å². The molecule has 0 heterocycles. The summed E-state index contributed by atoms with van der Waals surface area (Å²) in [6.07, 6.45) is 1.09. The van der Waals surface area contributed by atoms with Crippen LogP contribution in [0.15, 0.2) is 97.1 Å². The molecule has 4 rings (SSSR count). The number of rotatable bonds is 14. The standard InChI is InChI=1S/C35H37ClN2O5/c1-41-30-16-11-25(12-17-30)19-20-37-35(40)31(21-26-7-5-4-6-8-26)38(24-27-9-14-29(36)15-10-27)34(39)23-28-13-18-32(42-2)33(22-28)43-3/h4-18,22,31H,19-21,23-24H2,1-3H3,(H,37,40)/t31-/m0/s1. The van der Waals surface area contributed by atoms with Crippen LogP contribution in [0.25, 0.3) is 0 Å². The first kappa shape index (κ1) is 31.4. The second-order valence-electron chi connectivity index (χ2n) is 10.1. The molecule has 0 aliphatic heterocycles. The second-order valence-corrected chi connectivity index (χ2v) is 10.5. The lowest BCUT2D eigenvalue weighted by atomic mass is 10.0. The molecule has 0 unspecified atom stereocenters. The summed E-state index contributed by atoms with van der Waals surface area (Å²) in [6.45, 7) is 0.668. The number of nitrogens with zero attached hydrogens (tertiary/aromatic N) is 1. The fourth-order valence-electron chi connectivity index (χ4n) is 4.85. The van der Waals surface area contributed by atoms with E-state index in [1.807, 2.05) is 72.8 Å². The third kappa shape index (κ3) is 9.00. The molecular formula is C35H37ClN2O5. The Morgan fingerprint density at radius 3 is 2.05 bits per heavy atom. The van der Waals surface area contributed by atoms with Gasteiger partial charge in [-0.1, -0.05) is 72.3 Å². The first-order valence-corrected chi connectivity index (χ1v) is 14.5. The Labute approximate surface area is 258 Å². The number of nitrogens with one attached hydrogen (secondary N) is 1. The SMILES string of the molecule is COc1ccc(CCNC(=O)[C@H](Cc2ccccc2)N(Cc2ccc(Cl)cc2)C(=O)Cc2ccc(OC)c(OC)c2)cc1. The fourth-order valence-corrected chi connectivity index (χ4v) is 4.97. The van der Waals surface area contributed by atoms with Crippen molar-refractivity contribution in [3.63, 3.8) is 0 Å². The molecule has 0 aliphatic rings. The summed E-state index contributed by atoms with van der Waals surface area (Å²) in [6, 6.07) is 29.5. The highest BCUT2D eigenvalue weighted by atomic mass is 35.5. The van der Waals surface area contributed by atoms with Crippen LogP contribution in [0, 0.1) is 0 Å². The topological polar surface area (TPSA) is 77.1 Å². The van der Waals surface area contributed by atoms with E-state index in [2.05, 4.69) is 5.32 Å². The van der Waals surface area contributed by atoms with E-state index in [9.17, 15) is 9.59 Å². The van der Waals surface area contributed by atoms with Gasteiger partial charge in [0.1, 0.15) is 11.8 Å². The average molecular weight is 601 g/mol. The number of carbonyl (C=O) groups is 2. The van der Waals surface area contributed by atoms with Crippen LogP contribution in [0.4, 0.5) is 0 Å². The first-order chi connectivity index (χ1) is 20.9. The van der Waals surface area contributed by atoms with Crippen LogP contribution in [0.3, 0.4) is 0 Å². The molecule has 2 amide bonds. The molecule has 0 saturated heterocycles. The Kier molecular flexibility index (Phi) is 11.5. The van der Waals surface area contributed by atoms with Gasteiger partial charge in [0, 0.05) is 24.5 Å². The van der Waals surface area contributed by atoms with E-state index in [1.165, 1.54) is 0 Å². The van der Waals surface area contributed by atoms with E-state index in [4.69, 9.17) is 25.8 Å². The van der Waals surface area contributed by atoms with Crippen LogP contribution >= 0.6 is 11.6 Å². The van der Waals surface area contributed by atoms with Crippen molar-refractivity contribution >= 4 is 23.4 Å². The molecule has 1 N–H and O–H groups in total. The van der Waals surface area contributed by atoms with E-state index < -0.39 is 6.04 Å². The Morgan fingerprint density at radius 1 is 0.744 bits per heavy atom. The quantitative estimate of drug-likeness (QED) is 0.195. The van der Waals surface area contributed by atoms with Gasteiger partial charge in [-0.25, -0.2) is 0 Å². The number of hydrogen-bond donors (Lipinski definition) is 1. The lowest BCUT2D eigenvalue weighted by molar-refractivity contribution is -0.140. The molecule has 0 aliphatic carbocycles. The minimum atomic E-state index is -0.749. The summed E-state index contributed by atoms with van der Waals surface area (Å²) >= 11 is 6.14. The molecule has 4 aromatic rings. The predicted molar refractivity (Wildman–Crippen MR) is 169 cm³/mol. The highest BCUT2D eigenvalue weighted by Crippen LogP contribution is 2.28. The number of amides is 2. The van der Waals surface area contributed by atoms with Crippen molar-refractivity contribution in [3.05, 3.63) is 124 Å². The molecule has 7 nitrogen and oxygen atoms in total. The van der Waals surface area contributed by atoms with Crippen molar-refractivity contribution in [1.29, 1.82) is 0 Å². The minimum Gasteiger partial charge on any atom is -0.497 e. The van der Waals surface area contributed by atoms with E-state index >= 15 is 0 Å². The molecule has 43 heavy (non-hydrogen) atoms. The molecule has 0 radical (unpaired) electrons. The lowest BCUT2D eigenvalue weighted by Gasteiger charge is -2.32. The number of ether oxygens (including phenoxy) is 3. The van der Waals surface area contributed by atoms with E-state index in [-0.39, 0.29) is 24.8 Å². The number of halogens is 1. The van der Waals surface area contributed by atoms with Gasteiger partial charge >= 0.3 is 0 Å². The molecule has 0 fully saturated rings. The van der Waals surface area contributed by atoms with Gasteiger partial charge in [0.05, 0.1) is 27.8 Å². The number of benzene rings is 4. The normalized spacial score (nSPS) is 11.3. The first-order valence-electron chi connectivity index (χ1n) is 14.1. The second kappa shape index (κ2) is 15.7. The third-order valence-electron chi connectivity index (χ3n) is 7.21. The van der Waals surface area contributed by atoms with Gasteiger partial charge in [-0.2, -0.15) is 0 Å². The van der Waals surface area contributed by atoms with E-state index in [1.54, 1.807) is 50.5 Å². The zero-order chi connectivity index (χ0) is 30.6. The molecule has 0 bridgehead atoms. The molecule has 224 valence electrons. The zero-order valence-corrected chi connectivity index (χ0v) is 25.5. The predicted octanol–water partition coefficient (Wildman–Crippen LogP) is 5.91. The molecule has 0 spiro atoms. The van der Waals surface area contributed by atoms with Crippen LogP contribution < -0.4 is 19.5 Å². The minimum absolute atomic E-state index is 0.0817. The van der Waals surface area contributed by atoms with Crippen molar-refractivity contribution in [3.8, 4) is 17.2 Å². The number of methoxy groups -OCH3 is 3. The Morgan fingerprint density at radius 2 is 1.40 bits per heavy atom. The lowest BCUT2D eigenvalue weighted by Crippen LogP contribution is -2.51. The van der Waals surface area contributed by atoms with Crippen LogP contribution in [-0.2, 0) is 35.4 Å². The zero-order valence-electron chi connectivity index (χ0n) is 24.7. The van der Waals surface area contributed by atoms with Gasteiger partial charge < -0.3 is 24.4 Å². The summed E-state index contributed by atoms with van der Waals surface area (Å²) in [5.74, 6) is 1.49. The van der Waals surface area contributed by atoms with Crippen molar-refractivity contribution in [1.82, 2.24) is 10.2 Å². The smallest absolute Gasteiger partial charge is 0.243 e. The summed E-state index contributed by atoms with van der Waals surface area (Å²) in [5, 5.41) is 3.69. The molecule has 8 heteroatoms. The summed E-state index contributed by atoms with van der Waals surface area (Å²) in [5.41, 5.74) is 3.65. The summed E-state index contributed by atoms with van der Waals surface area (Å²) < 4.78 is 16.1. The van der Waals surface area contributed by atoms with E-state index in [0.717, 1.165) is 28.0 Å². The Balaban J connectivity index is 1.61.